The molecule has 0 aromatic heterocycles. The molecule has 2 unspecified atom stereocenters. The molecule has 2 heterocycles. The highest BCUT2D eigenvalue weighted by atomic mass is 16.5. The van der Waals surface area contributed by atoms with Crippen LogP contribution in [0.4, 0.5) is 0 Å². The number of carbonyl (C=O) groups is 3. The zero-order chi connectivity index (χ0) is 14.9. The number of aliphatic carboxylic acids is 1. The summed E-state index contributed by atoms with van der Waals surface area (Å²) in [7, 11) is 0. The molecule has 0 radical (unpaired) electrons. The largest absolute Gasteiger partial charge is 0.481 e. The molecule has 6 heteroatoms. The number of imide groups is 1. The van der Waals surface area contributed by atoms with Crippen molar-refractivity contribution in [3.63, 3.8) is 0 Å². The maximum Gasteiger partial charge on any atom is 0.303 e. The molecular formula is C14H21NO5. The first-order chi connectivity index (χ1) is 9.30. The number of fused-ring (bicyclic) bond motifs is 2. The number of ether oxygens (including phenoxy) is 1. The van der Waals surface area contributed by atoms with E-state index in [1.165, 1.54) is 4.90 Å². The summed E-state index contributed by atoms with van der Waals surface area (Å²) >= 11 is 0. The average molecular weight is 283 g/mol. The minimum absolute atomic E-state index is 0.100. The Hall–Kier alpha value is -1.43. The van der Waals surface area contributed by atoms with E-state index in [0.717, 1.165) is 0 Å². The second-order valence-electron chi connectivity index (χ2n) is 6.33. The number of carboxylic acids is 1. The zero-order valence-corrected chi connectivity index (χ0v) is 11.9. The van der Waals surface area contributed by atoms with E-state index in [-0.39, 0.29) is 23.7 Å². The molecule has 0 aromatic carbocycles. The summed E-state index contributed by atoms with van der Waals surface area (Å²) in [6.45, 7) is 4.26. The Morgan fingerprint density at radius 2 is 1.80 bits per heavy atom. The Labute approximate surface area is 118 Å². The number of hydrogen-bond acceptors (Lipinski definition) is 4. The number of morpholine rings is 1. The Bertz CT molecular complexity index is 409. The summed E-state index contributed by atoms with van der Waals surface area (Å²) in [5.41, 5.74) is -0.212. The lowest BCUT2D eigenvalue weighted by molar-refractivity contribution is -0.168. The van der Waals surface area contributed by atoms with Gasteiger partial charge in [0.2, 0.25) is 0 Å². The lowest BCUT2D eigenvalue weighted by Gasteiger charge is -2.33. The molecule has 20 heavy (non-hydrogen) atoms. The maximum absolute atomic E-state index is 12.1. The fourth-order valence-corrected chi connectivity index (χ4v) is 2.66. The Morgan fingerprint density at radius 3 is 2.30 bits per heavy atom. The highest BCUT2D eigenvalue weighted by Crippen LogP contribution is 2.31. The number of carboxylic acid groups (broad SMARTS) is 1. The first-order valence-corrected chi connectivity index (χ1v) is 7.03. The van der Waals surface area contributed by atoms with Crippen LogP contribution in [0.2, 0.25) is 0 Å². The summed E-state index contributed by atoms with van der Waals surface area (Å²) in [5, 5.41) is 8.72. The summed E-state index contributed by atoms with van der Waals surface area (Å²) in [6.07, 6.45) is 1.56. The molecule has 2 amide bonds. The molecule has 1 N–H and O–H groups in total. The van der Waals surface area contributed by atoms with Crippen LogP contribution in [0.25, 0.3) is 0 Å². The highest BCUT2D eigenvalue weighted by Gasteiger charge is 2.46. The predicted molar refractivity (Wildman–Crippen MR) is 69.9 cm³/mol. The van der Waals surface area contributed by atoms with E-state index in [9.17, 15) is 14.4 Å². The lowest BCUT2D eigenvalue weighted by atomic mass is 9.84. The van der Waals surface area contributed by atoms with Gasteiger partial charge in [-0.1, -0.05) is 13.8 Å². The lowest BCUT2D eigenvalue weighted by Crippen LogP contribution is -2.52. The SMILES string of the molecule is CC(C)(CCC(=O)O)CCN1C(=O)C2CCC(O2)C1=O. The van der Waals surface area contributed by atoms with Gasteiger partial charge in [-0.2, -0.15) is 0 Å². The molecular weight excluding hydrogens is 262 g/mol. The van der Waals surface area contributed by atoms with Crippen LogP contribution in [0.5, 0.6) is 0 Å². The van der Waals surface area contributed by atoms with Crippen molar-refractivity contribution in [3.05, 3.63) is 0 Å². The number of hydrogen-bond donors (Lipinski definition) is 1. The van der Waals surface area contributed by atoms with Crippen LogP contribution in [-0.2, 0) is 19.1 Å². The van der Waals surface area contributed by atoms with Gasteiger partial charge in [0, 0.05) is 13.0 Å². The maximum atomic E-state index is 12.1. The first-order valence-electron chi connectivity index (χ1n) is 7.03. The first kappa shape index (κ1) is 15.0. The van der Waals surface area contributed by atoms with Crippen molar-refractivity contribution >= 4 is 17.8 Å². The quantitative estimate of drug-likeness (QED) is 0.740. The van der Waals surface area contributed by atoms with E-state index in [2.05, 4.69) is 0 Å². The van der Waals surface area contributed by atoms with Crippen molar-refractivity contribution in [1.29, 1.82) is 0 Å². The van der Waals surface area contributed by atoms with Crippen molar-refractivity contribution in [1.82, 2.24) is 4.90 Å². The molecule has 2 aliphatic rings. The van der Waals surface area contributed by atoms with Crippen LogP contribution in [0, 0.1) is 5.41 Å². The molecule has 2 atom stereocenters. The van der Waals surface area contributed by atoms with Gasteiger partial charge in [0.05, 0.1) is 0 Å². The average Bonchev–Trinajstić information content (AvgIpc) is 2.81. The second kappa shape index (κ2) is 5.52. The smallest absolute Gasteiger partial charge is 0.303 e. The standard InChI is InChI=1S/C14H21NO5/c1-14(2,6-5-11(16)17)7-8-15-12(18)9-3-4-10(20-9)13(15)19/h9-10H,3-8H2,1-2H3,(H,16,17). The highest BCUT2D eigenvalue weighted by molar-refractivity contribution is 6.02. The summed E-state index contributed by atoms with van der Waals surface area (Å²) in [6, 6.07) is 0. The van der Waals surface area contributed by atoms with Crippen LogP contribution >= 0.6 is 0 Å². The molecule has 0 spiro atoms. The second-order valence-corrected chi connectivity index (χ2v) is 6.33. The number of carbonyl (C=O) groups excluding carboxylic acids is 2. The van der Waals surface area contributed by atoms with Gasteiger partial charge in [-0.05, 0) is 31.1 Å². The van der Waals surface area contributed by atoms with Crippen molar-refractivity contribution in [3.8, 4) is 0 Å². The van der Waals surface area contributed by atoms with Crippen LogP contribution in [0.3, 0.4) is 0 Å². The topological polar surface area (TPSA) is 83.9 Å². The monoisotopic (exact) mass is 283 g/mol. The third-order valence-electron chi connectivity index (χ3n) is 4.13. The van der Waals surface area contributed by atoms with Crippen LogP contribution in [-0.4, -0.2) is 46.5 Å². The number of amides is 2. The summed E-state index contributed by atoms with van der Waals surface area (Å²) in [4.78, 5) is 36.0. The van der Waals surface area contributed by atoms with Crippen LogP contribution in [0.15, 0.2) is 0 Å². The van der Waals surface area contributed by atoms with Crippen molar-refractivity contribution < 1.29 is 24.2 Å². The fourth-order valence-electron chi connectivity index (χ4n) is 2.66. The Balaban J connectivity index is 1.91. The summed E-state index contributed by atoms with van der Waals surface area (Å²) < 4.78 is 5.34. The minimum Gasteiger partial charge on any atom is -0.481 e. The zero-order valence-electron chi connectivity index (χ0n) is 11.9. The molecule has 112 valence electrons. The van der Waals surface area contributed by atoms with E-state index in [1.54, 1.807) is 0 Å². The van der Waals surface area contributed by atoms with Gasteiger partial charge < -0.3 is 9.84 Å². The minimum atomic E-state index is -0.824. The fraction of sp³-hybridized carbons (Fsp3) is 0.786. The molecule has 0 aromatic rings. The predicted octanol–water partition coefficient (Wildman–Crippen LogP) is 1.18. The Kier molecular flexibility index (Phi) is 4.13. The van der Waals surface area contributed by atoms with Gasteiger partial charge >= 0.3 is 5.97 Å². The van der Waals surface area contributed by atoms with E-state index < -0.39 is 18.2 Å². The molecule has 2 aliphatic heterocycles. The molecule has 2 fully saturated rings. The van der Waals surface area contributed by atoms with Gasteiger partial charge in [0.15, 0.2) is 0 Å². The van der Waals surface area contributed by atoms with E-state index in [0.29, 0.717) is 32.2 Å². The number of rotatable bonds is 6. The molecule has 2 rings (SSSR count). The molecule has 2 bridgehead atoms. The van der Waals surface area contributed by atoms with Crippen molar-refractivity contribution in [2.45, 2.75) is 58.2 Å². The third kappa shape index (κ3) is 3.17. The molecule has 2 saturated heterocycles. The Morgan fingerprint density at radius 1 is 1.25 bits per heavy atom. The van der Waals surface area contributed by atoms with Gasteiger partial charge in [0.25, 0.3) is 11.8 Å². The molecule has 0 saturated carbocycles. The van der Waals surface area contributed by atoms with E-state index in [1.807, 2.05) is 13.8 Å². The van der Waals surface area contributed by atoms with Gasteiger partial charge in [0.1, 0.15) is 12.2 Å². The van der Waals surface area contributed by atoms with Crippen molar-refractivity contribution in [2.24, 2.45) is 5.41 Å². The summed E-state index contributed by atoms with van der Waals surface area (Å²) in [5.74, 6) is -1.30. The molecule has 0 aliphatic carbocycles. The van der Waals surface area contributed by atoms with Crippen LogP contribution < -0.4 is 0 Å². The van der Waals surface area contributed by atoms with Gasteiger partial charge in [-0.3, -0.25) is 19.3 Å². The molecule has 6 nitrogen and oxygen atoms in total. The van der Waals surface area contributed by atoms with Crippen LogP contribution in [0.1, 0.15) is 46.0 Å². The van der Waals surface area contributed by atoms with E-state index >= 15 is 0 Å². The third-order valence-corrected chi connectivity index (χ3v) is 4.13. The normalized spacial score (nSPS) is 26.2. The number of likely N-dealkylation sites (tertiary alicyclic amines) is 1. The van der Waals surface area contributed by atoms with E-state index in [4.69, 9.17) is 9.84 Å². The van der Waals surface area contributed by atoms with Gasteiger partial charge in [-0.25, -0.2) is 0 Å². The van der Waals surface area contributed by atoms with Gasteiger partial charge in [-0.15, -0.1) is 0 Å². The number of nitrogens with zero attached hydrogens (tertiary/aromatic N) is 1. The van der Waals surface area contributed by atoms with Crippen molar-refractivity contribution in [2.75, 3.05) is 6.54 Å².